The van der Waals surface area contributed by atoms with Gasteiger partial charge in [-0.1, -0.05) is 20.3 Å². The Labute approximate surface area is 124 Å². The first-order valence-corrected chi connectivity index (χ1v) is 8.87. The topological polar surface area (TPSA) is 23.5 Å². The Balaban J connectivity index is 1.60. The minimum absolute atomic E-state index is 0.0926. The van der Waals surface area contributed by atoms with Gasteiger partial charge in [-0.3, -0.25) is 0 Å². The third kappa shape index (κ3) is 2.78. The van der Waals surface area contributed by atoms with Gasteiger partial charge in [0, 0.05) is 13.1 Å². The molecule has 4 fully saturated rings. The molecule has 0 aromatic heterocycles. The maximum Gasteiger partial charge on any atom is 0.0723 e. The molecule has 4 aliphatic carbocycles. The number of aliphatic hydroxyl groups is 1. The van der Waals surface area contributed by atoms with Crippen LogP contribution < -0.4 is 0 Å². The second-order valence-corrected chi connectivity index (χ2v) is 8.53. The lowest BCUT2D eigenvalue weighted by atomic mass is 9.48. The summed E-state index contributed by atoms with van der Waals surface area (Å²) in [6.07, 6.45) is 9.49. The lowest BCUT2D eigenvalue weighted by Crippen LogP contribution is -2.54. The van der Waals surface area contributed by atoms with Gasteiger partial charge in [-0.25, -0.2) is 0 Å². The molecule has 0 spiro atoms. The number of likely N-dealkylation sites (N-methyl/N-ethyl adjacent to an activating group) is 1. The Hall–Kier alpha value is -0.0800. The number of hydrogen-bond acceptors (Lipinski definition) is 2. The number of hydrogen-bond donors (Lipinski definition) is 1. The lowest BCUT2D eigenvalue weighted by molar-refractivity contribution is -0.125. The Bertz CT molecular complexity index is 305. The summed E-state index contributed by atoms with van der Waals surface area (Å²) in [4.78, 5) is 2.37. The van der Waals surface area contributed by atoms with Crippen LogP contribution in [0.5, 0.6) is 0 Å². The van der Waals surface area contributed by atoms with Crippen LogP contribution in [0.25, 0.3) is 0 Å². The van der Waals surface area contributed by atoms with Crippen LogP contribution in [0.2, 0.25) is 0 Å². The van der Waals surface area contributed by atoms with Crippen LogP contribution in [-0.2, 0) is 0 Å². The van der Waals surface area contributed by atoms with E-state index in [9.17, 15) is 5.11 Å². The highest BCUT2D eigenvalue weighted by atomic mass is 16.3. The van der Waals surface area contributed by atoms with Crippen LogP contribution in [0, 0.1) is 29.1 Å². The predicted octanol–water partition coefficient (Wildman–Crippen LogP) is 3.54. The van der Waals surface area contributed by atoms with Gasteiger partial charge >= 0.3 is 0 Å². The van der Waals surface area contributed by atoms with Gasteiger partial charge in [0.15, 0.2) is 0 Å². The van der Waals surface area contributed by atoms with E-state index in [4.69, 9.17) is 0 Å². The Morgan fingerprint density at radius 2 is 1.55 bits per heavy atom. The summed E-state index contributed by atoms with van der Waals surface area (Å²) in [7, 11) is 2.19. The van der Waals surface area contributed by atoms with Gasteiger partial charge in [-0.15, -0.1) is 0 Å². The average Bonchev–Trinajstić information content (AvgIpc) is 2.36. The van der Waals surface area contributed by atoms with Crippen molar-refractivity contribution < 1.29 is 5.11 Å². The van der Waals surface area contributed by atoms with Crippen molar-refractivity contribution in [2.75, 3.05) is 20.1 Å². The monoisotopic (exact) mass is 279 g/mol. The van der Waals surface area contributed by atoms with E-state index in [1.54, 1.807) is 0 Å². The molecule has 20 heavy (non-hydrogen) atoms. The fraction of sp³-hybridized carbons (Fsp3) is 1.00. The second-order valence-electron chi connectivity index (χ2n) is 8.53. The molecule has 1 N–H and O–H groups in total. The van der Waals surface area contributed by atoms with Crippen molar-refractivity contribution in [1.29, 1.82) is 0 Å². The van der Waals surface area contributed by atoms with Gasteiger partial charge in [-0.2, -0.15) is 0 Å². The summed E-state index contributed by atoms with van der Waals surface area (Å²) in [6, 6.07) is 0. The highest BCUT2D eigenvalue weighted by Crippen LogP contribution is 2.61. The molecule has 4 aliphatic rings. The first-order chi connectivity index (χ1) is 9.50. The molecular formula is C18H33NO. The number of aliphatic hydroxyl groups excluding tert-OH is 1. The fourth-order valence-corrected chi connectivity index (χ4v) is 5.81. The first kappa shape index (κ1) is 14.8. The summed E-state index contributed by atoms with van der Waals surface area (Å²) in [5, 5.41) is 10.9. The molecule has 2 unspecified atom stereocenters. The van der Waals surface area contributed by atoms with Crippen molar-refractivity contribution in [1.82, 2.24) is 4.90 Å². The van der Waals surface area contributed by atoms with Gasteiger partial charge < -0.3 is 10.0 Å². The molecule has 0 amide bonds. The van der Waals surface area contributed by atoms with Crippen molar-refractivity contribution in [3.8, 4) is 0 Å². The minimum Gasteiger partial charge on any atom is -0.391 e. The molecule has 0 aliphatic heterocycles. The van der Waals surface area contributed by atoms with E-state index in [-0.39, 0.29) is 6.10 Å². The van der Waals surface area contributed by atoms with Gasteiger partial charge in [0.1, 0.15) is 0 Å². The molecule has 2 nitrogen and oxygen atoms in total. The zero-order valence-corrected chi connectivity index (χ0v) is 13.6. The Kier molecular flexibility index (Phi) is 4.16. The molecule has 4 rings (SSSR count). The third-order valence-electron chi connectivity index (χ3n) is 6.60. The maximum atomic E-state index is 10.9. The van der Waals surface area contributed by atoms with Crippen molar-refractivity contribution in [2.24, 2.45) is 29.1 Å². The van der Waals surface area contributed by atoms with E-state index >= 15 is 0 Å². The summed E-state index contributed by atoms with van der Waals surface area (Å²) < 4.78 is 0. The molecule has 2 heteroatoms. The van der Waals surface area contributed by atoms with Crippen molar-refractivity contribution in [3.05, 3.63) is 0 Å². The molecule has 116 valence electrons. The normalized spacial score (nSPS) is 42.1. The molecule has 0 radical (unpaired) electrons. The minimum atomic E-state index is -0.0926. The highest BCUT2D eigenvalue weighted by molar-refractivity contribution is 5.04. The predicted molar refractivity (Wildman–Crippen MR) is 83.6 cm³/mol. The SMILES string of the molecule is CCC(C)CN(C)CC(O)C12CC3CC(CC(C3)C1)C2. The van der Waals surface area contributed by atoms with E-state index in [1.807, 2.05) is 0 Å². The van der Waals surface area contributed by atoms with E-state index in [2.05, 4.69) is 25.8 Å². The zero-order valence-electron chi connectivity index (χ0n) is 13.6. The molecule has 4 bridgehead atoms. The maximum absolute atomic E-state index is 10.9. The lowest BCUT2D eigenvalue weighted by Gasteiger charge is -2.58. The molecular weight excluding hydrogens is 246 g/mol. The second kappa shape index (κ2) is 5.61. The molecule has 2 atom stereocenters. The average molecular weight is 279 g/mol. The summed E-state index contributed by atoms with van der Waals surface area (Å²) in [5.41, 5.74) is 0.290. The molecule has 0 heterocycles. The van der Waals surface area contributed by atoms with Crippen molar-refractivity contribution in [2.45, 2.75) is 64.9 Å². The van der Waals surface area contributed by atoms with Gasteiger partial charge in [0.2, 0.25) is 0 Å². The van der Waals surface area contributed by atoms with Crippen LogP contribution in [0.4, 0.5) is 0 Å². The first-order valence-electron chi connectivity index (χ1n) is 8.87. The Morgan fingerprint density at radius 1 is 1.05 bits per heavy atom. The number of nitrogens with zero attached hydrogens (tertiary/aromatic N) is 1. The molecule has 4 saturated carbocycles. The van der Waals surface area contributed by atoms with Crippen LogP contribution in [0.3, 0.4) is 0 Å². The van der Waals surface area contributed by atoms with Gasteiger partial charge in [0.25, 0.3) is 0 Å². The smallest absolute Gasteiger partial charge is 0.0723 e. The zero-order chi connectivity index (χ0) is 14.3. The van der Waals surface area contributed by atoms with Crippen molar-refractivity contribution in [3.63, 3.8) is 0 Å². The van der Waals surface area contributed by atoms with E-state index < -0.39 is 0 Å². The van der Waals surface area contributed by atoms with Crippen LogP contribution in [-0.4, -0.2) is 36.2 Å². The standard InChI is InChI=1S/C18H33NO/c1-4-13(2)11-19(3)12-17(20)18-8-14-5-15(9-18)7-16(6-14)10-18/h13-17,20H,4-12H2,1-3H3. The van der Waals surface area contributed by atoms with Crippen LogP contribution in [0.1, 0.15) is 58.8 Å². The summed E-state index contributed by atoms with van der Waals surface area (Å²) >= 11 is 0. The number of rotatable bonds is 6. The molecule has 0 saturated heterocycles. The van der Waals surface area contributed by atoms with Gasteiger partial charge in [0.05, 0.1) is 6.10 Å². The highest BCUT2D eigenvalue weighted by Gasteiger charge is 2.53. The fourth-order valence-electron chi connectivity index (χ4n) is 5.81. The van der Waals surface area contributed by atoms with Crippen LogP contribution >= 0.6 is 0 Å². The molecule has 0 aromatic rings. The molecule has 0 aromatic carbocycles. The van der Waals surface area contributed by atoms with Crippen molar-refractivity contribution >= 4 is 0 Å². The summed E-state index contributed by atoms with van der Waals surface area (Å²) in [5.74, 6) is 3.56. The Morgan fingerprint density at radius 3 is 2.00 bits per heavy atom. The third-order valence-corrected chi connectivity index (χ3v) is 6.60. The quantitative estimate of drug-likeness (QED) is 0.804. The van der Waals surface area contributed by atoms with E-state index in [0.29, 0.717) is 5.41 Å². The largest absolute Gasteiger partial charge is 0.391 e. The van der Waals surface area contributed by atoms with E-state index in [0.717, 1.165) is 36.8 Å². The van der Waals surface area contributed by atoms with Crippen LogP contribution in [0.15, 0.2) is 0 Å². The van der Waals surface area contributed by atoms with E-state index in [1.165, 1.54) is 44.9 Å². The van der Waals surface area contributed by atoms with Gasteiger partial charge in [-0.05, 0) is 74.7 Å². The summed E-state index contributed by atoms with van der Waals surface area (Å²) in [6.45, 7) is 6.58.